The first-order chi connectivity index (χ1) is 12.2. The Kier molecular flexibility index (Phi) is 3.74. The van der Waals surface area contributed by atoms with Crippen molar-refractivity contribution in [3.63, 3.8) is 0 Å². The van der Waals surface area contributed by atoms with Crippen molar-refractivity contribution in [3.8, 4) is 0 Å². The average Bonchev–Trinajstić information content (AvgIpc) is 2.58. The van der Waals surface area contributed by atoms with Gasteiger partial charge in [-0.05, 0) is 49.9 Å². The van der Waals surface area contributed by atoms with Crippen LogP contribution in [0.3, 0.4) is 0 Å². The minimum Gasteiger partial charge on any atom is -0.493 e. The quantitative estimate of drug-likeness (QED) is 0.654. The van der Waals surface area contributed by atoms with Crippen molar-refractivity contribution in [1.82, 2.24) is 0 Å². The number of carbonyl (C=O) groups is 2. The second-order valence-corrected chi connectivity index (χ2v) is 9.67. The van der Waals surface area contributed by atoms with Crippen molar-refractivity contribution in [2.24, 2.45) is 22.7 Å². The Bertz CT molecular complexity index is 743. The van der Waals surface area contributed by atoms with Gasteiger partial charge in [-0.25, -0.2) is 0 Å². The molecule has 2 fully saturated rings. The highest BCUT2D eigenvalue weighted by Crippen LogP contribution is 2.67. The summed E-state index contributed by atoms with van der Waals surface area (Å²) in [5, 5.41) is 0. The van der Waals surface area contributed by atoms with Gasteiger partial charge in [0.1, 0.15) is 5.60 Å². The predicted molar refractivity (Wildman–Crippen MR) is 98.2 cm³/mol. The number of ketones is 2. The fourth-order valence-corrected chi connectivity index (χ4v) is 6.43. The Hall–Kier alpha value is -1.58. The minimum absolute atomic E-state index is 0.140. The standard InChI is InChI=1S/C22H30O4/c1-13-7-8-17-20(2,3)9-6-10-22(17)21(13,4)12-14-18(24)16(25-5)11-15(23)19(14)26-22/h11,13,17H,6-10,12H2,1-5H3/t13-,17-,21+,22-/m0/s1. The Labute approximate surface area is 156 Å². The van der Waals surface area contributed by atoms with E-state index in [0.29, 0.717) is 29.6 Å². The van der Waals surface area contributed by atoms with Crippen LogP contribution in [0.4, 0.5) is 0 Å². The molecule has 1 aliphatic heterocycles. The summed E-state index contributed by atoms with van der Waals surface area (Å²) in [7, 11) is 1.44. The number of methoxy groups -OCH3 is 1. The molecule has 0 aromatic heterocycles. The van der Waals surface area contributed by atoms with E-state index < -0.39 is 0 Å². The van der Waals surface area contributed by atoms with Crippen molar-refractivity contribution in [1.29, 1.82) is 0 Å². The molecule has 4 nitrogen and oxygen atoms in total. The number of carbonyl (C=O) groups excluding carboxylic acids is 2. The van der Waals surface area contributed by atoms with E-state index in [2.05, 4.69) is 27.7 Å². The number of Topliss-reactive ketones (excluding diaryl/α,β-unsaturated/α-hetero) is 1. The Morgan fingerprint density at radius 1 is 1.15 bits per heavy atom. The molecule has 142 valence electrons. The van der Waals surface area contributed by atoms with E-state index in [0.717, 1.165) is 25.7 Å². The predicted octanol–water partition coefficient (Wildman–Crippen LogP) is 4.34. The van der Waals surface area contributed by atoms with E-state index in [4.69, 9.17) is 9.47 Å². The lowest BCUT2D eigenvalue weighted by Crippen LogP contribution is -2.66. The molecule has 0 aromatic carbocycles. The molecule has 4 heteroatoms. The lowest BCUT2D eigenvalue weighted by atomic mass is 9.44. The van der Waals surface area contributed by atoms with Crippen molar-refractivity contribution in [3.05, 3.63) is 23.2 Å². The largest absolute Gasteiger partial charge is 0.493 e. The van der Waals surface area contributed by atoms with Crippen molar-refractivity contribution < 1.29 is 19.1 Å². The number of rotatable bonds is 1. The van der Waals surface area contributed by atoms with Crippen molar-refractivity contribution in [2.75, 3.05) is 7.11 Å². The molecule has 4 rings (SSSR count). The first-order valence-corrected chi connectivity index (χ1v) is 9.93. The van der Waals surface area contributed by atoms with Crippen LogP contribution in [-0.2, 0) is 19.1 Å². The minimum atomic E-state index is -0.348. The van der Waals surface area contributed by atoms with E-state index in [1.54, 1.807) is 0 Å². The number of ether oxygens (including phenoxy) is 2. The zero-order chi connectivity index (χ0) is 18.9. The summed E-state index contributed by atoms with van der Waals surface area (Å²) < 4.78 is 11.8. The maximum absolute atomic E-state index is 12.9. The fraction of sp³-hybridized carbons (Fsp3) is 0.727. The van der Waals surface area contributed by atoms with Gasteiger partial charge < -0.3 is 9.47 Å². The third-order valence-electron chi connectivity index (χ3n) is 8.12. The second-order valence-electron chi connectivity index (χ2n) is 9.67. The number of allylic oxidation sites excluding steroid dienone is 2. The highest BCUT2D eigenvalue weighted by atomic mass is 16.5. The molecule has 0 N–H and O–H groups in total. The summed E-state index contributed by atoms with van der Waals surface area (Å²) in [6.07, 6.45) is 7.47. The first kappa shape index (κ1) is 17.8. The van der Waals surface area contributed by atoms with Gasteiger partial charge in [0.2, 0.25) is 11.6 Å². The lowest BCUT2D eigenvalue weighted by Gasteiger charge is -2.66. The normalized spacial score (nSPS) is 41.5. The topological polar surface area (TPSA) is 52.6 Å². The Morgan fingerprint density at radius 2 is 1.88 bits per heavy atom. The summed E-state index contributed by atoms with van der Waals surface area (Å²) in [6.45, 7) is 9.27. The van der Waals surface area contributed by atoms with Crippen LogP contribution in [0.15, 0.2) is 23.2 Å². The van der Waals surface area contributed by atoms with Crippen LogP contribution in [0.2, 0.25) is 0 Å². The SMILES string of the molecule is COC1=CC(=O)C2=C(C[C@]3(C)[C@@H](C)CC[C@H]4C(C)(C)CCC[C@]43O2)C1=O. The molecule has 0 bridgehead atoms. The Morgan fingerprint density at radius 3 is 2.58 bits per heavy atom. The summed E-state index contributed by atoms with van der Waals surface area (Å²) in [4.78, 5) is 25.6. The van der Waals surface area contributed by atoms with E-state index in [-0.39, 0.29) is 33.8 Å². The monoisotopic (exact) mass is 358 g/mol. The van der Waals surface area contributed by atoms with Gasteiger partial charge in [0, 0.05) is 17.4 Å². The summed E-state index contributed by atoms with van der Waals surface area (Å²) >= 11 is 0. The molecule has 0 saturated heterocycles. The number of hydrogen-bond acceptors (Lipinski definition) is 4. The van der Waals surface area contributed by atoms with E-state index in [1.165, 1.54) is 19.6 Å². The molecule has 4 aliphatic rings. The van der Waals surface area contributed by atoms with Gasteiger partial charge in [0.15, 0.2) is 11.5 Å². The summed E-state index contributed by atoms with van der Waals surface area (Å²) in [5.41, 5.74) is 0.226. The van der Waals surface area contributed by atoms with Crippen LogP contribution < -0.4 is 0 Å². The maximum Gasteiger partial charge on any atom is 0.227 e. The maximum atomic E-state index is 12.9. The molecule has 0 amide bonds. The van der Waals surface area contributed by atoms with Crippen LogP contribution in [-0.4, -0.2) is 24.3 Å². The fourth-order valence-electron chi connectivity index (χ4n) is 6.43. The molecule has 0 radical (unpaired) electrons. The third-order valence-corrected chi connectivity index (χ3v) is 8.12. The van der Waals surface area contributed by atoms with Crippen LogP contribution in [0.25, 0.3) is 0 Å². The van der Waals surface area contributed by atoms with Crippen molar-refractivity contribution in [2.45, 2.75) is 71.8 Å². The second kappa shape index (κ2) is 5.46. The van der Waals surface area contributed by atoms with Crippen LogP contribution in [0.5, 0.6) is 0 Å². The molecular formula is C22H30O4. The van der Waals surface area contributed by atoms with Gasteiger partial charge in [0.05, 0.1) is 12.7 Å². The van der Waals surface area contributed by atoms with E-state index in [1.807, 2.05) is 0 Å². The van der Waals surface area contributed by atoms with E-state index in [9.17, 15) is 9.59 Å². The van der Waals surface area contributed by atoms with Gasteiger partial charge in [-0.1, -0.05) is 27.7 Å². The highest BCUT2D eigenvalue weighted by Gasteiger charge is 2.67. The van der Waals surface area contributed by atoms with Crippen LogP contribution in [0, 0.1) is 22.7 Å². The average molecular weight is 358 g/mol. The zero-order valence-corrected chi connectivity index (χ0v) is 16.6. The van der Waals surface area contributed by atoms with Gasteiger partial charge in [-0.15, -0.1) is 0 Å². The van der Waals surface area contributed by atoms with Crippen molar-refractivity contribution >= 4 is 11.6 Å². The highest BCUT2D eigenvalue weighted by molar-refractivity contribution is 6.21. The van der Waals surface area contributed by atoms with Gasteiger partial charge >= 0.3 is 0 Å². The molecule has 2 saturated carbocycles. The molecule has 0 unspecified atom stereocenters. The molecule has 1 heterocycles. The van der Waals surface area contributed by atoms with Gasteiger partial charge in [-0.3, -0.25) is 9.59 Å². The van der Waals surface area contributed by atoms with Gasteiger partial charge in [0.25, 0.3) is 0 Å². The molecule has 4 atom stereocenters. The molecule has 3 aliphatic carbocycles. The first-order valence-electron chi connectivity index (χ1n) is 9.93. The van der Waals surface area contributed by atoms with Crippen LogP contribution in [0.1, 0.15) is 66.2 Å². The molecule has 0 aromatic rings. The molecular weight excluding hydrogens is 328 g/mol. The zero-order valence-electron chi connectivity index (χ0n) is 16.6. The summed E-state index contributed by atoms with van der Waals surface area (Å²) in [5.74, 6) is 0.901. The van der Waals surface area contributed by atoms with Crippen LogP contribution >= 0.6 is 0 Å². The molecule has 26 heavy (non-hydrogen) atoms. The molecule has 1 spiro atoms. The third kappa shape index (κ3) is 2.07. The van der Waals surface area contributed by atoms with Gasteiger partial charge in [-0.2, -0.15) is 0 Å². The lowest BCUT2D eigenvalue weighted by molar-refractivity contribution is -0.237. The van der Waals surface area contributed by atoms with E-state index >= 15 is 0 Å². The number of hydrogen-bond donors (Lipinski definition) is 0. The smallest absolute Gasteiger partial charge is 0.227 e. The summed E-state index contributed by atoms with van der Waals surface area (Å²) in [6, 6.07) is 0. The Balaban J connectivity index is 1.87.